The molecule has 0 saturated carbocycles. The fourth-order valence-corrected chi connectivity index (χ4v) is 7.67. The average molecular weight is 866 g/mol. The van der Waals surface area contributed by atoms with Crippen LogP contribution in [0.1, 0.15) is 33.6 Å². The Morgan fingerprint density at radius 2 is 1.16 bits per heavy atom. The van der Waals surface area contributed by atoms with Gasteiger partial charge in [-0.2, -0.15) is 0 Å². The molecule has 14 heteroatoms. The number of rotatable bonds is 12. The molecule has 1 N–H and O–H groups in total. The molecule has 4 heterocycles. The first-order chi connectivity index (χ1) is 29.5. The zero-order valence-corrected chi connectivity index (χ0v) is 35.4. The van der Waals surface area contributed by atoms with Crippen LogP contribution < -0.4 is 14.8 Å². The summed E-state index contributed by atoms with van der Waals surface area (Å²) in [6.07, 6.45) is 4.25. The molecule has 2 aliphatic heterocycles. The number of hydrogen-bond acceptors (Lipinski definition) is 6. The van der Waals surface area contributed by atoms with E-state index in [9.17, 15) is 9.59 Å². The molecule has 2 aliphatic rings. The number of carbonyl (C=O) groups excluding carboxylic acids is 2. The normalized spacial score (nSPS) is 13.6. The highest BCUT2D eigenvalue weighted by atomic mass is 35.5. The molecule has 4 amide bonds. The smallest absolute Gasteiger partial charge is 0.320 e. The van der Waals surface area contributed by atoms with Crippen molar-refractivity contribution in [3.05, 3.63) is 165 Å². The molecule has 314 valence electrons. The van der Waals surface area contributed by atoms with E-state index in [1.54, 1.807) is 101 Å². The molecule has 0 unspecified atom stereocenters. The second kappa shape index (κ2) is 19.4. The van der Waals surface area contributed by atoms with Crippen LogP contribution in [0.3, 0.4) is 0 Å². The monoisotopic (exact) mass is 864 g/mol. The van der Waals surface area contributed by atoms with E-state index in [1.807, 2.05) is 30.3 Å². The highest BCUT2D eigenvalue weighted by Gasteiger charge is 2.26. The molecule has 0 atom stereocenters. The maximum atomic E-state index is 15.5. The van der Waals surface area contributed by atoms with Gasteiger partial charge in [0.05, 0.1) is 49.8 Å². The highest BCUT2D eigenvalue weighted by Crippen LogP contribution is 2.37. The molecule has 10 nitrogen and oxygen atoms in total. The van der Waals surface area contributed by atoms with Crippen molar-refractivity contribution < 1.29 is 27.8 Å². The molecule has 0 radical (unpaired) electrons. The molecule has 0 bridgehead atoms. The lowest BCUT2D eigenvalue weighted by Gasteiger charge is -2.16. The number of amides is 4. The lowest BCUT2D eigenvalue weighted by atomic mass is 9.97. The Morgan fingerprint density at radius 3 is 1.56 bits per heavy atom. The summed E-state index contributed by atoms with van der Waals surface area (Å²) in [6, 6.07) is 28.7. The van der Waals surface area contributed by atoms with E-state index in [-0.39, 0.29) is 23.7 Å². The molecule has 6 aromatic rings. The van der Waals surface area contributed by atoms with E-state index in [0.29, 0.717) is 100 Å². The Bertz CT molecular complexity index is 2530. The first-order valence-electron chi connectivity index (χ1n) is 19.6. The molecule has 4 aromatic carbocycles. The zero-order chi connectivity index (χ0) is 43.0. The van der Waals surface area contributed by atoms with Gasteiger partial charge in [-0.15, -0.1) is 0 Å². The van der Waals surface area contributed by atoms with Crippen LogP contribution in [0.4, 0.5) is 18.4 Å². The van der Waals surface area contributed by atoms with Gasteiger partial charge in [0.2, 0.25) is 0 Å². The Labute approximate surface area is 363 Å². The van der Waals surface area contributed by atoms with Gasteiger partial charge in [-0.05, 0) is 81.9 Å². The average Bonchev–Trinajstić information content (AvgIpc) is 3.82. The largest absolute Gasteiger partial charge is 0.496 e. The topological polar surface area (TPSA) is 100 Å². The van der Waals surface area contributed by atoms with E-state index < -0.39 is 0 Å². The molecular formula is C47H44Cl2F2N6O4. The number of nitrogens with one attached hydrogen (secondary N) is 1. The van der Waals surface area contributed by atoms with Gasteiger partial charge in [0.1, 0.15) is 23.1 Å². The van der Waals surface area contributed by atoms with Crippen LogP contribution in [-0.4, -0.2) is 84.2 Å². The summed E-state index contributed by atoms with van der Waals surface area (Å²) in [5.41, 5.74) is 6.56. The minimum Gasteiger partial charge on any atom is -0.496 e. The zero-order valence-electron chi connectivity index (χ0n) is 33.9. The molecule has 2 saturated heterocycles. The van der Waals surface area contributed by atoms with Gasteiger partial charge in [0.15, 0.2) is 0 Å². The lowest BCUT2D eigenvalue weighted by Crippen LogP contribution is -2.29. The fourth-order valence-electron chi connectivity index (χ4n) is 7.29. The highest BCUT2D eigenvalue weighted by molar-refractivity contribution is 6.31. The van der Waals surface area contributed by atoms with Crippen molar-refractivity contribution >= 4 is 35.3 Å². The minimum atomic E-state index is -0.338. The van der Waals surface area contributed by atoms with E-state index in [1.165, 1.54) is 14.2 Å². The first-order valence-corrected chi connectivity index (χ1v) is 20.4. The Hall–Kier alpha value is -6.24. The lowest BCUT2D eigenvalue weighted by molar-refractivity contribution is 0.196. The Balaban J connectivity index is 0.000000184. The summed E-state index contributed by atoms with van der Waals surface area (Å²) in [4.78, 5) is 37.8. The van der Waals surface area contributed by atoms with Gasteiger partial charge in [-0.25, -0.2) is 18.4 Å². The van der Waals surface area contributed by atoms with Gasteiger partial charge < -0.3 is 29.5 Å². The molecule has 0 aliphatic carbocycles. The number of ether oxygens (including phenoxy) is 2. The number of halogens is 4. The first kappa shape index (κ1) is 42.9. The van der Waals surface area contributed by atoms with Crippen molar-refractivity contribution in [2.75, 3.05) is 47.4 Å². The van der Waals surface area contributed by atoms with Crippen molar-refractivity contribution in [2.45, 2.75) is 25.9 Å². The summed E-state index contributed by atoms with van der Waals surface area (Å²) in [7, 11) is 4.83. The predicted octanol–water partition coefficient (Wildman–Crippen LogP) is 9.67. The number of methoxy groups -OCH3 is 2. The molecule has 8 rings (SSSR count). The molecule has 61 heavy (non-hydrogen) atoms. The van der Waals surface area contributed by atoms with Gasteiger partial charge in [-0.1, -0.05) is 71.7 Å². The number of urea groups is 2. The van der Waals surface area contributed by atoms with Crippen molar-refractivity contribution in [3.8, 4) is 33.8 Å². The third-order valence-electron chi connectivity index (χ3n) is 10.5. The van der Waals surface area contributed by atoms with Gasteiger partial charge in [0.25, 0.3) is 0 Å². The van der Waals surface area contributed by atoms with Crippen molar-refractivity contribution in [3.63, 3.8) is 0 Å². The number of benzene rings is 4. The van der Waals surface area contributed by atoms with Crippen LogP contribution in [0.5, 0.6) is 11.5 Å². The number of likely N-dealkylation sites (N-methyl/N-ethyl adjacent to an activating group) is 1. The van der Waals surface area contributed by atoms with E-state index in [2.05, 4.69) is 15.3 Å². The van der Waals surface area contributed by atoms with Crippen molar-refractivity contribution in [2.24, 2.45) is 0 Å². The fraction of sp³-hybridized carbons (Fsp3) is 0.234. The Morgan fingerprint density at radius 1 is 0.656 bits per heavy atom. The van der Waals surface area contributed by atoms with E-state index >= 15 is 8.78 Å². The maximum Gasteiger partial charge on any atom is 0.320 e. The summed E-state index contributed by atoms with van der Waals surface area (Å²) in [5, 5.41) is 3.84. The second-order valence-electron chi connectivity index (χ2n) is 14.7. The number of hydrogen-bond donors (Lipinski definition) is 1. The number of carbonyl (C=O) groups is 2. The van der Waals surface area contributed by atoms with E-state index in [4.69, 9.17) is 32.7 Å². The van der Waals surface area contributed by atoms with E-state index in [0.717, 1.165) is 29.1 Å². The minimum absolute atomic E-state index is 0.0136. The van der Waals surface area contributed by atoms with Crippen LogP contribution >= 0.6 is 23.2 Å². The summed E-state index contributed by atoms with van der Waals surface area (Å²) >= 11 is 12.2. The number of pyridine rings is 2. The summed E-state index contributed by atoms with van der Waals surface area (Å²) < 4.78 is 41.7. The summed E-state index contributed by atoms with van der Waals surface area (Å²) in [6.45, 7) is 3.68. The molecule has 2 fully saturated rings. The van der Waals surface area contributed by atoms with Crippen molar-refractivity contribution in [1.29, 1.82) is 0 Å². The third kappa shape index (κ3) is 10.2. The quantitative estimate of drug-likeness (QED) is 0.132. The van der Waals surface area contributed by atoms with Gasteiger partial charge in [-0.3, -0.25) is 9.97 Å². The molecular weight excluding hydrogens is 821 g/mol. The number of aromatic nitrogens is 2. The number of nitrogens with zero attached hydrogens (tertiary/aromatic N) is 5. The predicted molar refractivity (Wildman–Crippen MR) is 233 cm³/mol. The van der Waals surface area contributed by atoms with Crippen LogP contribution in [0.2, 0.25) is 10.0 Å². The third-order valence-corrected chi connectivity index (χ3v) is 11.0. The van der Waals surface area contributed by atoms with Crippen LogP contribution in [0.25, 0.3) is 22.3 Å². The standard InChI is InChI=1S/C24H23ClFN3O2.C23H21ClFN3O2/c1-28-10-11-29(24(28)30)15-20-8-6-16(14-27-20)12-18-7-9-21(31-2)22(23(18)26)17-4-3-5-19(25)13-17;1-30-20-8-6-17(22(25)21(20)16-3-2-4-18(24)12-16)11-15-5-7-19(27-13-15)14-28-10-9-26-23(28)29/h3-9,13-14H,10-12,15H2,1-2H3;2-8,12-13H,9-11,14H2,1H3,(H,26,29). The summed E-state index contributed by atoms with van der Waals surface area (Å²) in [5.74, 6) is 0.235. The maximum absolute atomic E-state index is 15.5. The molecule has 0 spiro atoms. The second-order valence-corrected chi connectivity index (χ2v) is 15.6. The van der Waals surface area contributed by atoms with Crippen LogP contribution in [0.15, 0.2) is 109 Å². The van der Waals surface area contributed by atoms with Gasteiger partial charge in [0, 0.05) is 68.5 Å². The molecule has 2 aromatic heterocycles. The SMILES string of the molecule is COc1ccc(Cc2ccc(CN3CCN(C)C3=O)nc2)c(F)c1-c1cccc(Cl)c1.COc1ccc(Cc2ccc(CN3CCNC3=O)nc2)c(F)c1-c1cccc(Cl)c1. The van der Waals surface area contributed by atoms with Crippen molar-refractivity contribution in [1.82, 2.24) is 30.0 Å². The van der Waals surface area contributed by atoms with Crippen LogP contribution in [-0.2, 0) is 25.9 Å². The van der Waals surface area contributed by atoms with Crippen LogP contribution in [0, 0.1) is 11.6 Å². The van der Waals surface area contributed by atoms with Gasteiger partial charge >= 0.3 is 12.1 Å². The Kier molecular flexibility index (Phi) is 13.7.